The Labute approximate surface area is 403 Å². The Kier molecular flexibility index (Phi) is 9.98. The number of hydrogen-bond donors (Lipinski definition) is 0. The Hall–Kier alpha value is -7.52. The van der Waals surface area contributed by atoms with Gasteiger partial charge in [0.2, 0.25) is 0 Å². The van der Waals surface area contributed by atoms with Gasteiger partial charge in [0.05, 0.1) is 17.1 Å². The van der Waals surface area contributed by atoms with Crippen molar-refractivity contribution in [3.05, 3.63) is 247 Å². The average Bonchev–Trinajstić information content (AvgIpc) is 3.92. The van der Waals surface area contributed by atoms with E-state index in [1.54, 1.807) is 0 Å². The zero-order chi connectivity index (χ0) is 45.2. The number of anilines is 3. The predicted octanol–water partition coefficient (Wildman–Crippen LogP) is 19.1. The Morgan fingerprint density at radius 1 is 0.426 bits per heavy atom. The van der Waals surface area contributed by atoms with Gasteiger partial charge in [-0.2, -0.15) is 0 Å². The summed E-state index contributed by atoms with van der Waals surface area (Å²) in [6.45, 7) is 2.42. The molecule has 2 aliphatic rings. The number of fused-ring (bicyclic) bond motifs is 7. The van der Waals surface area contributed by atoms with E-state index in [2.05, 4.69) is 236 Å². The molecule has 2 aliphatic carbocycles. The topological polar surface area (TPSA) is 3.24 Å². The molecule has 1 aromatic heterocycles. The highest BCUT2D eigenvalue weighted by Crippen LogP contribution is 2.55. The molecular formula is C66H51NS. The highest BCUT2D eigenvalue weighted by molar-refractivity contribution is 7.26. The summed E-state index contributed by atoms with van der Waals surface area (Å²) in [5, 5.41) is 5.32. The first-order valence-electron chi connectivity index (χ1n) is 24.5. The quantitative estimate of drug-likeness (QED) is 0.147. The first-order chi connectivity index (χ1) is 33.6. The van der Waals surface area contributed by atoms with Crippen molar-refractivity contribution in [3.63, 3.8) is 0 Å². The van der Waals surface area contributed by atoms with Crippen molar-refractivity contribution in [2.24, 2.45) is 0 Å². The second-order valence-corrected chi connectivity index (χ2v) is 20.1. The molecule has 1 atom stereocenters. The van der Waals surface area contributed by atoms with Gasteiger partial charge in [-0.05, 0) is 111 Å². The van der Waals surface area contributed by atoms with E-state index in [0.717, 1.165) is 17.1 Å². The molecule has 13 rings (SSSR count). The van der Waals surface area contributed by atoms with E-state index in [-0.39, 0.29) is 5.41 Å². The summed E-state index contributed by atoms with van der Waals surface area (Å²) in [5.74, 6) is 0.563. The zero-order valence-electron chi connectivity index (χ0n) is 38.3. The molecule has 1 nitrogen and oxygen atoms in total. The number of para-hydroxylation sites is 3. The first-order valence-corrected chi connectivity index (χ1v) is 25.3. The molecule has 0 N–H and O–H groups in total. The Balaban J connectivity index is 1.07. The van der Waals surface area contributed by atoms with Crippen LogP contribution in [0.4, 0.5) is 17.1 Å². The fourth-order valence-corrected chi connectivity index (χ4v) is 13.4. The lowest BCUT2D eigenvalue weighted by molar-refractivity contribution is 0.445. The van der Waals surface area contributed by atoms with E-state index in [9.17, 15) is 0 Å². The maximum absolute atomic E-state index is 2.59. The first kappa shape index (κ1) is 40.7. The molecule has 11 aromatic rings. The Morgan fingerprint density at radius 2 is 0.985 bits per heavy atom. The van der Waals surface area contributed by atoms with Crippen molar-refractivity contribution >= 4 is 59.3 Å². The van der Waals surface area contributed by atoms with Crippen LogP contribution in [0, 0.1) is 0 Å². The number of rotatable bonds is 8. The van der Waals surface area contributed by atoms with Crippen molar-refractivity contribution in [3.8, 4) is 44.5 Å². The Morgan fingerprint density at radius 3 is 1.76 bits per heavy atom. The van der Waals surface area contributed by atoms with E-state index < -0.39 is 0 Å². The molecule has 2 heteroatoms. The zero-order valence-corrected chi connectivity index (χ0v) is 39.1. The number of benzene rings is 10. The van der Waals surface area contributed by atoms with Gasteiger partial charge in [-0.1, -0.05) is 213 Å². The maximum Gasteiger partial charge on any atom is 0.0541 e. The lowest BCUT2D eigenvalue weighted by atomic mass is 9.74. The van der Waals surface area contributed by atoms with Crippen LogP contribution in [0.15, 0.2) is 224 Å². The van der Waals surface area contributed by atoms with Crippen LogP contribution < -0.4 is 4.90 Å². The smallest absolute Gasteiger partial charge is 0.0541 e. The van der Waals surface area contributed by atoms with Gasteiger partial charge in [-0.25, -0.2) is 0 Å². The van der Waals surface area contributed by atoms with Gasteiger partial charge in [-0.15, -0.1) is 11.3 Å². The third kappa shape index (κ3) is 6.49. The van der Waals surface area contributed by atoms with Crippen LogP contribution in [0.3, 0.4) is 0 Å². The van der Waals surface area contributed by atoms with Crippen molar-refractivity contribution in [2.45, 2.75) is 50.4 Å². The van der Waals surface area contributed by atoms with Crippen LogP contribution in [-0.2, 0) is 5.41 Å². The molecule has 0 radical (unpaired) electrons. The van der Waals surface area contributed by atoms with Gasteiger partial charge in [0.15, 0.2) is 0 Å². The summed E-state index contributed by atoms with van der Waals surface area (Å²) in [5.41, 5.74) is 18.6. The SMILES string of the molecule is CC1(c2ccccc2)c2ccccc2-c2ccc(-c3ccccc3N(c3ccccc3-c3cccc4c3sc3ccccc34)c3ccccc3-c3cccc4cccc(C5CCCCC5)c34)cc21. The molecule has 0 spiro atoms. The summed E-state index contributed by atoms with van der Waals surface area (Å²) in [7, 11) is 0. The Bertz CT molecular complexity index is 3700. The number of thiophene rings is 1. The second-order valence-electron chi connectivity index (χ2n) is 19.1. The summed E-state index contributed by atoms with van der Waals surface area (Å²) >= 11 is 1.90. The monoisotopic (exact) mass is 889 g/mol. The second kappa shape index (κ2) is 16.7. The van der Waals surface area contributed by atoms with Crippen LogP contribution in [0.1, 0.15) is 67.2 Å². The third-order valence-corrected chi connectivity index (χ3v) is 16.6. The van der Waals surface area contributed by atoms with Gasteiger partial charge < -0.3 is 4.90 Å². The molecule has 0 amide bonds. The van der Waals surface area contributed by atoms with Gasteiger partial charge >= 0.3 is 0 Å². The van der Waals surface area contributed by atoms with Gasteiger partial charge in [-0.3, -0.25) is 0 Å². The van der Waals surface area contributed by atoms with Gasteiger partial charge in [0, 0.05) is 47.8 Å². The largest absolute Gasteiger partial charge is 0.309 e. The van der Waals surface area contributed by atoms with Crippen LogP contribution in [0.5, 0.6) is 0 Å². The summed E-state index contributed by atoms with van der Waals surface area (Å²) in [4.78, 5) is 2.59. The van der Waals surface area contributed by atoms with Crippen molar-refractivity contribution in [1.29, 1.82) is 0 Å². The van der Waals surface area contributed by atoms with Crippen molar-refractivity contribution in [1.82, 2.24) is 0 Å². The summed E-state index contributed by atoms with van der Waals surface area (Å²) in [6.07, 6.45) is 6.43. The molecule has 68 heavy (non-hydrogen) atoms. The molecule has 0 bridgehead atoms. The van der Waals surface area contributed by atoms with Gasteiger partial charge in [0.25, 0.3) is 0 Å². The molecule has 10 aromatic carbocycles. The van der Waals surface area contributed by atoms with Crippen molar-refractivity contribution in [2.75, 3.05) is 4.90 Å². The van der Waals surface area contributed by atoms with E-state index >= 15 is 0 Å². The molecule has 0 aliphatic heterocycles. The van der Waals surface area contributed by atoms with Crippen molar-refractivity contribution < 1.29 is 0 Å². The standard InChI is InChI=1S/C66H51NS/c1-66(47-25-6-3-7-26-47)58-36-13-8-28-50(58)51-42-41-46(43-59(51)66)48-27-9-14-37-60(48)67(62-39-16-11-30-53(62)56-34-20-35-57-54-31-12-17-40-63(54)68-65(56)57)61-38-15-10-29-52(61)55-33-19-24-45-23-18-32-49(64(45)55)44-21-4-2-5-22-44/h3,6-20,23-44H,2,4-5,21-22H2,1H3. The van der Waals surface area contributed by atoms with Gasteiger partial charge in [0.1, 0.15) is 0 Å². The lowest BCUT2D eigenvalue weighted by Crippen LogP contribution is -2.22. The maximum atomic E-state index is 2.59. The van der Waals surface area contributed by atoms with E-state index in [1.165, 1.54) is 130 Å². The van der Waals surface area contributed by atoms with E-state index in [1.807, 2.05) is 11.3 Å². The average molecular weight is 890 g/mol. The molecule has 1 heterocycles. The summed E-state index contributed by atoms with van der Waals surface area (Å²) in [6, 6.07) is 84.5. The van der Waals surface area contributed by atoms with E-state index in [0.29, 0.717) is 5.92 Å². The van der Waals surface area contributed by atoms with E-state index in [4.69, 9.17) is 0 Å². The highest BCUT2D eigenvalue weighted by atomic mass is 32.1. The molecule has 0 saturated heterocycles. The lowest BCUT2D eigenvalue weighted by Gasteiger charge is -2.32. The minimum atomic E-state index is -0.315. The van der Waals surface area contributed by atoms with Crippen LogP contribution >= 0.6 is 11.3 Å². The minimum absolute atomic E-state index is 0.315. The fraction of sp³-hybridized carbons (Fsp3) is 0.121. The number of nitrogens with zero attached hydrogens (tertiary/aromatic N) is 1. The molecule has 326 valence electrons. The predicted molar refractivity (Wildman–Crippen MR) is 291 cm³/mol. The normalized spacial score (nSPS) is 15.7. The van der Waals surface area contributed by atoms with Crippen LogP contribution in [0.25, 0.3) is 75.5 Å². The summed E-state index contributed by atoms with van der Waals surface area (Å²) < 4.78 is 2.62. The molecular weight excluding hydrogens is 839 g/mol. The van der Waals surface area contributed by atoms with Crippen LogP contribution in [-0.4, -0.2) is 0 Å². The third-order valence-electron chi connectivity index (χ3n) is 15.4. The van der Waals surface area contributed by atoms with Crippen LogP contribution in [0.2, 0.25) is 0 Å². The molecule has 1 saturated carbocycles. The highest BCUT2D eigenvalue weighted by Gasteiger charge is 2.41. The minimum Gasteiger partial charge on any atom is -0.309 e. The fourth-order valence-electron chi connectivity index (χ4n) is 12.1. The molecule has 1 fully saturated rings. The number of hydrogen-bond acceptors (Lipinski definition) is 2. The molecule has 1 unspecified atom stereocenters.